The van der Waals surface area contributed by atoms with Crippen molar-refractivity contribution in [1.82, 2.24) is 30.3 Å². The standard InChI is InChI=1S/C21H28N6/c1-14-8-15(16-10-22-23-11-16)9-18(25-14)19-6-5-7-27(19)13-17-12-24-26-20(17)21(2,3)4/h8-12,19H,5-7,13H2,1-4H3,(H,22,23)(H,24,26)/t19-/m1/s1. The number of rotatable bonds is 4. The Bertz CT molecular complexity index is 903. The van der Waals surface area contributed by atoms with Gasteiger partial charge in [-0.15, -0.1) is 0 Å². The smallest absolute Gasteiger partial charge is 0.0584 e. The maximum absolute atomic E-state index is 4.88. The maximum Gasteiger partial charge on any atom is 0.0584 e. The highest BCUT2D eigenvalue weighted by Crippen LogP contribution is 2.35. The molecule has 0 spiro atoms. The van der Waals surface area contributed by atoms with E-state index in [0.717, 1.165) is 36.5 Å². The Hall–Kier alpha value is -2.47. The van der Waals surface area contributed by atoms with Gasteiger partial charge in [0.05, 0.1) is 24.1 Å². The lowest BCUT2D eigenvalue weighted by Crippen LogP contribution is -2.25. The van der Waals surface area contributed by atoms with Crippen LogP contribution in [0, 0.1) is 6.92 Å². The summed E-state index contributed by atoms with van der Waals surface area (Å²) in [7, 11) is 0. The quantitative estimate of drug-likeness (QED) is 0.730. The van der Waals surface area contributed by atoms with Gasteiger partial charge in [-0.3, -0.25) is 20.1 Å². The van der Waals surface area contributed by atoms with Crippen LogP contribution in [0.1, 0.15) is 62.3 Å². The predicted molar refractivity (Wildman–Crippen MR) is 106 cm³/mol. The topological polar surface area (TPSA) is 73.5 Å². The van der Waals surface area contributed by atoms with Gasteiger partial charge in [0.2, 0.25) is 0 Å². The fraction of sp³-hybridized carbons (Fsp3) is 0.476. The Morgan fingerprint density at radius 3 is 2.74 bits per heavy atom. The van der Waals surface area contributed by atoms with Crippen molar-refractivity contribution in [3.63, 3.8) is 0 Å². The van der Waals surface area contributed by atoms with E-state index < -0.39 is 0 Å². The first-order valence-electron chi connectivity index (χ1n) is 9.66. The molecule has 4 rings (SSSR count). The molecule has 27 heavy (non-hydrogen) atoms. The van der Waals surface area contributed by atoms with Crippen LogP contribution >= 0.6 is 0 Å². The van der Waals surface area contributed by atoms with Gasteiger partial charge in [-0.2, -0.15) is 10.2 Å². The molecular formula is C21H28N6. The molecule has 3 aromatic heterocycles. The van der Waals surface area contributed by atoms with Crippen LogP contribution in [0.15, 0.2) is 30.7 Å². The molecule has 0 aliphatic carbocycles. The summed E-state index contributed by atoms with van der Waals surface area (Å²) in [5.41, 5.74) is 7.07. The van der Waals surface area contributed by atoms with Crippen LogP contribution in [0.2, 0.25) is 0 Å². The van der Waals surface area contributed by atoms with Crippen LogP contribution in [0.4, 0.5) is 0 Å². The van der Waals surface area contributed by atoms with Crippen LogP contribution in [0.25, 0.3) is 11.1 Å². The highest BCUT2D eigenvalue weighted by Gasteiger charge is 2.30. The number of nitrogens with zero attached hydrogens (tertiary/aromatic N) is 4. The maximum atomic E-state index is 4.88. The van der Waals surface area contributed by atoms with E-state index in [2.05, 4.69) is 65.1 Å². The Labute approximate surface area is 160 Å². The molecular weight excluding hydrogens is 336 g/mol. The molecule has 0 saturated carbocycles. The van der Waals surface area contributed by atoms with E-state index in [1.165, 1.54) is 23.2 Å². The molecule has 0 unspecified atom stereocenters. The Morgan fingerprint density at radius 2 is 2.00 bits per heavy atom. The van der Waals surface area contributed by atoms with Crippen molar-refractivity contribution in [2.75, 3.05) is 6.54 Å². The van der Waals surface area contributed by atoms with Crippen LogP contribution in [-0.4, -0.2) is 36.8 Å². The van der Waals surface area contributed by atoms with E-state index in [9.17, 15) is 0 Å². The van der Waals surface area contributed by atoms with E-state index in [4.69, 9.17) is 4.98 Å². The van der Waals surface area contributed by atoms with E-state index in [1.807, 2.05) is 18.6 Å². The van der Waals surface area contributed by atoms with Crippen molar-refractivity contribution in [2.24, 2.45) is 0 Å². The van der Waals surface area contributed by atoms with Gasteiger partial charge < -0.3 is 0 Å². The molecule has 2 N–H and O–H groups in total. The largest absolute Gasteiger partial charge is 0.290 e. The van der Waals surface area contributed by atoms with Gasteiger partial charge in [-0.25, -0.2) is 0 Å². The molecule has 0 amide bonds. The third kappa shape index (κ3) is 3.67. The fourth-order valence-electron chi connectivity index (χ4n) is 4.09. The van der Waals surface area contributed by atoms with Crippen LogP contribution < -0.4 is 0 Å². The van der Waals surface area contributed by atoms with Crippen molar-refractivity contribution < 1.29 is 0 Å². The van der Waals surface area contributed by atoms with Crippen molar-refractivity contribution in [2.45, 2.75) is 58.5 Å². The number of aromatic nitrogens is 5. The third-order valence-corrected chi connectivity index (χ3v) is 5.35. The van der Waals surface area contributed by atoms with E-state index >= 15 is 0 Å². The summed E-state index contributed by atoms with van der Waals surface area (Å²) in [5.74, 6) is 0. The van der Waals surface area contributed by atoms with Crippen LogP contribution in [0.3, 0.4) is 0 Å². The zero-order valence-corrected chi connectivity index (χ0v) is 16.6. The number of nitrogens with one attached hydrogen (secondary N) is 2. The summed E-state index contributed by atoms with van der Waals surface area (Å²) in [5, 5.41) is 14.5. The van der Waals surface area contributed by atoms with Gasteiger partial charge in [0.1, 0.15) is 0 Å². The molecule has 6 nitrogen and oxygen atoms in total. The SMILES string of the molecule is Cc1cc(-c2cn[nH]c2)cc([C@H]2CCCN2Cc2cn[nH]c2C(C)(C)C)n1. The number of H-pyrrole nitrogens is 2. The Kier molecular flexibility index (Phi) is 4.60. The molecule has 4 heterocycles. The summed E-state index contributed by atoms with van der Waals surface area (Å²) in [6.07, 6.45) is 8.13. The minimum absolute atomic E-state index is 0.0666. The Morgan fingerprint density at radius 1 is 1.15 bits per heavy atom. The summed E-state index contributed by atoms with van der Waals surface area (Å²) >= 11 is 0. The lowest BCUT2D eigenvalue weighted by Gasteiger charge is -2.26. The first-order chi connectivity index (χ1) is 12.9. The zero-order valence-electron chi connectivity index (χ0n) is 16.6. The average Bonchev–Trinajstić information content (AvgIpc) is 3.36. The molecule has 1 fully saturated rings. The second kappa shape index (κ2) is 6.93. The molecule has 1 aliphatic heterocycles. The van der Waals surface area contributed by atoms with E-state index in [-0.39, 0.29) is 5.41 Å². The predicted octanol–water partition coefficient (Wildman–Crippen LogP) is 4.14. The van der Waals surface area contributed by atoms with Gasteiger partial charge in [0.25, 0.3) is 0 Å². The Balaban J connectivity index is 1.62. The average molecular weight is 364 g/mol. The molecule has 1 saturated heterocycles. The van der Waals surface area contributed by atoms with Crippen molar-refractivity contribution in [3.05, 3.63) is 53.4 Å². The molecule has 0 bridgehead atoms. The van der Waals surface area contributed by atoms with E-state index in [1.54, 1.807) is 0 Å². The summed E-state index contributed by atoms with van der Waals surface area (Å²) in [6, 6.07) is 4.70. The van der Waals surface area contributed by atoms with Crippen LogP contribution in [0.5, 0.6) is 0 Å². The molecule has 1 aliphatic rings. The monoisotopic (exact) mass is 364 g/mol. The van der Waals surface area contributed by atoms with Gasteiger partial charge in [-0.05, 0) is 44.0 Å². The highest BCUT2D eigenvalue weighted by molar-refractivity contribution is 5.62. The number of hydrogen-bond donors (Lipinski definition) is 2. The number of hydrogen-bond acceptors (Lipinski definition) is 4. The highest BCUT2D eigenvalue weighted by atomic mass is 15.2. The van der Waals surface area contributed by atoms with Gasteiger partial charge in [0, 0.05) is 40.7 Å². The normalized spacial score (nSPS) is 18.3. The molecule has 3 aromatic rings. The summed E-state index contributed by atoms with van der Waals surface area (Å²) in [4.78, 5) is 7.42. The zero-order chi connectivity index (χ0) is 19.0. The fourth-order valence-corrected chi connectivity index (χ4v) is 4.09. The second-order valence-electron chi connectivity index (χ2n) is 8.56. The lowest BCUT2D eigenvalue weighted by molar-refractivity contribution is 0.242. The molecule has 0 aromatic carbocycles. The molecule has 142 valence electrons. The first-order valence-corrected chi connectivity index (χ1v) is 9.66. The number of likely N-dealkylation sites (tertiary alicyclic amines) is 1. The minimum Gasteiger partial charge on any atom is -0.290 e. The van der Waals surface area contributed by atoms with Gasteiger partial charge in [0.15, 0.2) is 0 Å². The first kappa shape index (κ1) is 17.9. The van der Waals surface area contributed by atoms with Crippen LogP contribution in [-0.2, 0) is 12.0 Å². The lowest BCUT2D eigenvalue weighted by atomic mass is 9.89. The van der Waals surface area contributed by atoms with Crippen molar-refractivity contribution >= 4 is 0 Å². The van der Waals surface area contributed by atoms with Gasteiger partial charge in [-0.1, -0.05) is 20.8 Å². The minimum atomic E-state index is 0.0666. The molecule has 1 atom stereocenters. The number of aromatic amines is 2. The molecule has 6 heteroatoms. The summed E-state index contributed by atoms with van der Waals surface area (Å²) < 4.78 is 0. The summed E-state index contributed by atoms with van der Waals surface area (Å²) in [6.45, 7) is 10.8. The van der Waals surface area contributed by atoms with Crippen molar-refractivity contribution in [1.29, 1.82) is 0 Å². The molecule has 0 radical (unpaired) electrons. The third-order valence-electron chi connectivity index (χ3n) is 5.35. The number of pyridine rings is 1. The van der Waals surface area contributed by atoms with E-state index in [0.29, 0.717) is 6.04 Å². The van der Waals surface area contributed by atoms with Crippen molar-refractivity contribution in [3.8, 4) is 11.1 Å². The second-order valence-corrected chi connectivity index (χ2v) is 8.56. The van der Waals surface area contributed by atoms with Gasteiger partial charge >= 0.3 is 0 Å². The number of aryl methyl sites for hydroxylation is 1.